The smallest absolute Gasteiger partial charge is 0.255 e. The van der Waals surface area contributed by atoms with Crippen LogP contribution < -0.4 is 20.1 Å². The van der Waals surface area contributed by atoms with Crippen LogP contribution in [0.3, 0.4) is 0 Å². The molecule has 0 radical (unpaired) electrons. The van der Waals surface area contributed by atoms with Crippen LogP contribution in [0.4, 0.5) is 17.2 Å². The molecule has 1 aliphatic heterocycles. The zero-order valence-corrected chi connectivity index (χ0v) is 15.4. The number of carbonyl (C=O) groups is 1. The SMILES string of the molecule is O=C(Nc1ccc2c(c1)OCO2)c1cccc(Nc2nccc3ccccc23)c1. The van der Waals surface area contributed by atoms with Gasteiger partial charge in [0, 0.05) is 34.6 Å². The van der Waals surface area contributed by atoms with Gasteiger partial charge in [0.25, 0.3) is 5.91 Å². The van der Waals surface area contributed by atoms with E-state index < -0.39 is 0 Å². The van der Waals surface area contributed by atoms with E-state index in [2.05, 4.69) is 15.6 Å². The minimum atomic E-state index is -0.210. The van der Waals surface area contributed by atoms with Gasteiger partial charge in [-0.2, -0.15) is 0 Å². The summed E-state index contributed by atoms with van der Waals surface area (Å²) in [7, 11) is 0. The Morgan fingerprint density at radius 2 is 1.76 bits per heavy atom. The largest absolute Gasteiger partial charge is 0.454 e. The van der Waals surface area contributed by atoms with E-state index in [4.69, 9.17) is 9.47 Å². The monoisotopic (exact) mass is 383 g/mol. The van der Waals surface area contributed by atoms with Crippen LogP contribution in [0.2, 0.25) is 0 Å². The van der Waals surface area contributed by atoms with E-state index in [1.165, 1.54) is 0 Å². The van der Waals surface area contributed by atoms with Crippen LogP contribution in [-0.2, 0) is 0 Å². The van der Waals surface area contributed by atoms with Gasteiger partial charge in [0.2, 0.25) is 6.79 Å². The molecule has 0 bridgehead atoms. The topological polar surface area (TPSA) is 72.5 Å². The lowest BCUT2D eigenvalue weighted by molar-refractivity contribution is 0.102. The maximum absolute atomic E-state index is 12.7. The number of ether oxygens (including phenoxy) is 2. The van der Waals surface area contributed by atoms with Crippen molar-refractivity contribution in [3.8, 4) is 11.5 Å². The summed E-state index contributed by atoms with van der Waals surface area (Å²) in [4.78, 5) is 17.1. The molecular formula is C23H17N3O3. The van der Waals surface area contributed by atoms with Gasteiger partial charge in [-0.3, -0.25) is 4.79 Å². The third-order valence-electron chi connectivity index (χ3n) is 4.69. The van der Waals surface area contributed by atoms with E-state index in [-0.39, 0.29) is 12.7 Å². The number of anilines is 3. The van der Waals surface area contributed by atoms with Gasteiger partial charge in [-0.25, -0.2) is 4.98 Å². The van der Waals surface area contributed by atoms with Gasteiger partial charge in [-0.1, -0.05) is 30.3 Å². The second-order valence-corrected chi connectivity index (χ2v) is 6.61. The summed E-state index contributed by atoms with van der Waals surface area (Å²) in [6.07, 6.45) is 1.76. The first-order chi connectivity index (χ1) is 14.3. The van der Waals surface area contributed by atoms with Crippen molar-refractivity contribution in [2.75, 3.05) is 17.4 Å². The van der Waals surface area contributed by atoms with Crippen LogP contribution >= 0.6 is 0 Å². The Morgan fingerprint density at radius 1 is 0.862 bits per heavy atom. The first-order valence-corrected chi connectivity index (χ1v) is 9.18. The van der Waals surface area contributed by atoms with E-state index >= 15 is 0 Å². The molecule has 6 nitrogen and oxygen atoms in total. The minimum absolute atomic E-state index is 0.197. The number of aromatic nitrogens is 1. The Hall–Kier alpha value is -4.06. The van der Waals surface area contributed by atoms with E-state index in [1.807, 2.05) is 42.5 Å². The summed E-state index contributed by atoms with van der Waals surface area (Å²) in [5, 5.41) is 8.32. The average Bonchev–Trinajstić information content (AvgIpc) is 3.22. The molecule has 0 unspecified atom stereocenters. The summed E-state index contributed by atoms with van der Waals surface area (Å²) in [5.41, 5.74) is 1.97. The highest BCUT2D eigenvalue weighted by Gasteiger charge is 2.15. The van der Waals surface area contributed by atoms with Gasteiger partial charge in [0.05, 0.1) is 0 Å². The molecule has 0 atom stereocenters. The second-order valence-electron chi connectivity index (χ2n) is 6.61. The predicted molar refractivity (Wildman–Crippen MR) is 112 cm³/mol. The predicted octanol–water partition coefficient (Wildman–Crippen LogP) is 4.96. The lowest BCUT2D eigenvalue weighted by Gasteiger charge is -2.11. The summed E-state index contributed by atoms with van der Waals surface area (Å²) >= 11 is 0. The van der Waals surface area contributed by atoms with E-state index in [9.17, 15) is 4.79 Å². The molecule has 5 rings (SSSR count). The fourth-order valence-corrected chi connectivity index (χ4v) is 3.27. The molecule has 6 heteroatoms. The number of amides is 1. The molecule has 29 heavy (non-hydrogen) atoms. The van der Waals surface area contributed by atoms with Gasteiger partial charge in [-0.15, -0.1) is 0 Å². The highest BCUT2D eigenvalue weighted by atomic mass is 16.7. The van der Waals surface area contributed by atoms with Gasteiger partial charge >= 0.3 is 0 Å². The van der Waals surface area contributed by atoms with E-state index in [0.29, 0.717) is 22.7 Å². The lowest BCUT2D eigenvalue weighted by atomic mass is 10.1. The summed E-state index contributed by atoms with van der Waals surface area (Å²) in [6.45, 7) is 0.197. The van der Waals surface area contributed by atoms with E-state index in [0.717, 1.165) is 22.3 Å². The van der Waals surface area contributed by atoms with Crippen LogP contribution in [0, 0.1) is 0 Å². The molecule has 0 saturated carbocycles. The number of pyridine rings is 1. The lowest BCUT2D eigenvalue weighted by Crippen LogP contribution is -2.12. The molecule has 1 aliphatic rings. The molecule has 1 aromatic heterocycles. The molecular weight excluding hydrogens is 366 g/mol. The molecule has 0 spiro atoms. The number of benzene rings is 3. The van der Waals surface area contributed by atoms with Gasteiger partial charge in [0.15, 0.2) is 11.5 Å². The van der Waals surface area contributed by atoms with Crippen molar-refractivity contribution in [3.63, 3.8) is 0 Å². The molecule has 2 heterocycles. The Kier molecular flexibility index (Phi) is 4.22. The maximum Gasteiger partial charge on any atom is 0.255 e. The van der Waals surface area contributed by atoms with Gasteiger partial charge in [0.1, 0.15) is 5.82 Å². The van der Waals surface area contributed by atoms with Crippen molar-refractivity contribution in [1.82, 2.24) is 4.98 Å². The second kappa shape index (κ2) is 7.16. The highest BCUT2D eigenvalue weighted by molar-refractivity contribution is 6.05. The zero-order valence-electron chi connectivity index (χ0n) is 15.4. The Balaban J connectivity index is 1.37. The minimum Gasteiger partial charge on any atom is -0.454 e. The van der Waals surface area contributed by atoms with Crippen LogP contribution in [0.5, 0.6) is 11.5 Å². The molecule has 3 aromatic carbocycles. The fraction of sp³-hybridized carbons (Fsp3) is 0.0435. The number of nitrogens with one attached hydrogen (secondary N) is 2. The van der Waals surface area contributed by atoms with Crippen molar-refractivity contribution in [2.24, 2.45) is 0 Å². The van der Waals surface area contributed by atoms with Crippen molar-refractivity contribution in [2.45, 2.75) is 0 Å². The number of fused-ring (bicyclic) bond motifs is 2. The Morgan fingerprint density at radius 3 is 2.72 bits per heavy atom. The molecule has 1 amide bonds. The quantitative estimate of drug-likeness (QED) is 0.521. The van der Waals surface area contributed by atoms with Gasteiger partial charge in [-0.05, 0) is 41.8 Å². The molecule has 4 aromatic rings. The number of hydrogen-bond acceptors (Lipinski definition) is 5. The molecule has 2 N–H and O–H groups in total. The molecule has 0 aliphatic carbocycles. The number of nitrogens with zero attached hydrogens (tertiary/aromatic N) is 1. The maximum atomic E-state index is 12.7. The first-order valence-electron chi connectivity index (χ1n) is 9.18. The first kappa shape index (κ1) is 17.1. The number of hydrogen-bond donors (Lipinski definition) is 2. The molecule has 142 valence electrons. The van der Waals surface area contributed by atoms with E-state index in [1.54, 1.807) is 36.5 Å². The summed E-state index contributed by atoms with van der Waals surface area (Å²) in [5.74, 6) is 1.84. The third kappa shape index (κ3) is 3.43. The molecule has 0 fully saturated rings. The van der Waals surface area contributed by atoms with Crippen LogP contribution in [0.25, 0.3) is 10.8 Å². The number of rotatable bonds is 4. The van der Waals surface area contributed by atoms with Crippen molar-refractivity contribution in [1.29, 1.82) is 0 Å². The number of carbonyl (C=O) groups excluding carboxylic acids is 1. The van der Waals surface area contributed by atoms with Crippen molar-refractivity contribution >= 4 is 33.9 Å². The third-order valence-corrected chi connectivity index (χ3v) is 4.69. The van der Waals surface area contributed by atoms with Crippen LogP contribution in [0.15, 0.2) is 79.0 Å². The normalized spacial score (nSPS) is 12.0. The van der Waals surface area contributed by atoms with Gasteiger partial charge < -0.3 is 20.1 Å². The standard InChI is InChI=1S/C23H17N3O3/c27-23(26-18-8-9-20-21(13-18)29-14-28-20)16-5-3-6-17(12-16)25-22-19-7-2-1-4-15(19)10-11-24-22/h1-13H,14H2,(H,24,25)(H,26,27). The Labute approximate surface area is 167 Å². The van der Waals surface area contributed by atoms with Crippen molar-refractivity contribution < 1.29 is 14.3 Å². The summed E-state index contributed by atoms with van der Waals surface area (Å²) < 4.78 is 10.7. The highest BCUT2D eigenvalue weighted by Crippen LogP contribution is 2.34. The van der Waals surface area contributed by atoms with Crippen molar-refractivity contribution in [3.05, 3.63) is 84.6 Å². The average molecular weight is 383 g/mol. The van der Waals surface area contributed by atoms with Crippen LogP contribution in [-0.4, -0.2) is 17.7 Å². The summed E-state index contributed by atoms with van der Waals surface area (Å²) in [6, 6.07) is 22.6. The Bertz CT molecular complexity index is 1220. The molecule has 0 saturated heterocycles. The fourth-order valence-electron chi connectivity index (χ4n) is 3.27. The van der Waals surface area contributed by atoms with Crippen LogP contribution in [0.1, 0.15) is 10.4 Å². The zero-order chi connectivity index (χ0) is 19.6.